The summed E-state index contributed by atoms with van der Waals surface area (Å²) in [5.41, 5.74) is 2.13. The molecule has 3 rings (SSSR count). The van der Waals surface area contributed by atoms with E-state index in [4.69, 9.17) is 0 Å². The Kier molecular flexibility index (Phi) is 4.04. The molecule has 4 nitrogen and oxygen atoms in total. The Morgan fingerprint density at radius 3 is 2.33 bits per heavy atom. The van der Waals surface area contributed by atoms with Gasteiger partial charge in [-0.25, -0.2) is 8.42 Å². The monoisotopic (exact) mass is 306 g/mol. The third-order valence-corrected chi connectivity index (χ3v) is 6.13. The first kappa shape index (κ1) is 14.6. The van der Waals surface area contributed by atoms with E-state index in [2.05, 4.69) is 11.9 Å². The number of hydrogen-bond acceptors (Lipinski definition) is 3. The summed E-state index contributed by atoms with van der Waals surface area (Å²) in [5.74, 6) is 0.801. The van der Waals surface area contributed by atoms with Crippen molar-refractivity contribution < 1.29 is 8.42 Å². The first-order valence-corrected chi connectivity index (χ1v) is 9.00. The van der Waals surface area contributed by atoms with Crippen molar-refractivity contribution >= 4 is 15.7 Å². The highest BCUT2D eigenvalue weighted by Crippen LogP contribution is 2.29. The first-order chi connectivity index (χ1) is 10.1. The summed E-state index contributed by atoms with van der Waals surface area (Å²) in [6, 6.07) is 7.12. The third kappa shape index (κ3) is 3.47. The Labute approximate surface area is 126 Å². The van der Waals surface area contributed by atoms with Gasteiger partial charge in [0.05, 0.1) is 4.90 Å². The van der Waals surface area contributed by atoms with Crippen LogP contribution < -0.4 is 5.32 Å². The van der Waals surface area contributed by atoms with Gasteiger partial charge in [0.15, 0.2) is 0 Å². The lowest BCUT2D eigenvalue weighted by molar-refractivity contribution is 0.387. The summed E-state index contributed by atoms with van der Waals surface area (Å²) in [5, 5.41) is 3.35. The van der Waals surface area contributed by atoms with Crippen molar-refractivity contribution in [3.05, 3.63) is 36.4 Å². The Balaban J connectivity index is 1.68. The van der Waals surface area contributed by atoms with Crippen molar-refractivity contribution in [2.45, 2.75) is 30.6 Å². The molecule has 1 aliphatic carbocycles. The van der Waals surface area contributed by atoms with E-state index in [0.717, 1.165) is 36.6 Å². The first-order valence-electron chi connectivity index (χ1n) is 7.56. The smallest absolute Gasteiger partial charge is 0.243 e. The van der Waals surface area contributed by atoms with E-state index < -0.39 is 10.0 Å². The minimum Gasteiger partial charge on any atom is -0.385 e. The quantitative estimate of drug-likeness (QED) is 0.851. The van der Waals surface area contributed by atoms with Crippen molar-refractivity contribution in [2.24, 2.45) is 5.92 Å². The molecule has 0 aromatic heterocycles. The summed E-state index contributed by atoms with van der Waals surface area (Å²) in [6.07, 6.45) is 4.14. The average Bonchev–Trinajstić information content (AvgIpc) is 3.30. The van der Waals surface area contributed by atoms with Gasteiger partial charge in [-0.3, -0.25) is 0 Å². The molecule has 0 atom stereocenters. The predicted octanol–water partition coefficient (Wildman–Crippen LogP) is 2.85. The summed E-state index contributed by atoms with van der Waals surface area (Å²) >= 11 is 0. The van der Waals surface area contributed by atoms with E-state index in [0.29, 0.717) is 18.0 Å². The molecule has 1 N–H and O–H groups in total. The molecular formula is C16H22N2O2S. The molecule has 1 aliphatic heterocycles. The maximum atomic E-state index is 12.6. The van der Waals surface area contributed by atoms with Crippen LogP contribution in [-0.4, -0.2) is 32.4 Å². The van der Waals surface area contributed by atoms with Crippen LogP contribution in [0.3, 0.4) is 0 Å². The highest BCUT2D eigenvalue weighted by Gasteiger charge is 2.26. The number of rotatable bonds is 5. The molecule has 0 amide bonds. The van der Waals surface area contributed by atoms with Gasteiger partial charge in [0, 0.05) is 25.3 Å². The van der Waals surface area contributed by atoms with Gasteiger partial charge in [0.25, 0.3) is 0 Å². The maximum absolute atomic E-state index is 12.6. The van der Waals surface area contributed by atoms with Crippen LogP contribution in [0.25, 0.3) is 0 Å². The lowest BCUT2D eigenvalue weighted by atomic mass is 10.1. The van der Waals surface area contributed by atoms with Gasteiger partial charge >= 0.3 is 0 Å². The molecule has 114 valence electrons. The zero-order valence-electron chi connectivity index (χ0n) is 12.2. The average molecular weight is 306 g/mol. The summed E-state index contributed by atoms with van der Waals surface area (Å²) in [7, 11) is -3.36. The van der Waals surface area contributed by atoms with Crippen LogP contribution in [0, 0.1) is 5.92 Å². The van der Waals surface area contributed by atoms with Crippen LogP contribution in [0.5, 0.6) is 0 Å². The Bertz CT molecular complexity index is 608. The normalized spacial score (nSPS) is 20.5. The molecule has 5 heteroatoms. The minimum atomic E-state index is -3.36. The van der Waals surface area contributed by atoms with Crippen molar-refractivity contribution in [1.82, 2.24) is 4.31 Å². The number of sulfonamides is 1. The van der Waals surface area contributed by atoms with Crippen LogP contribution in [0.4, 0.5) is 5.69 Å². The highest BCUT2D eigenvalue weighted by molar-refractivity contribution is 7.89. The largest absolute Gasteiger partial charge is 0.385 e. The number of anilines is 1. The van der Waals surface area contributed by atoms with Crippen molar-refractivity contribution in [2.75, 3.05) is 25.0 Å². The second-order valence-electron chi connectivity index (χ2n) is 6.00. The van der Waals surface area contributed by atoms with Crippen LogP contribution in [0.1, 0.15) is 25.7 Å². The van der Waals surface area contributed by atoms with Crippen LogP contribution in [0.15, 0.2) is 41.3 Å². The van der Waals surface area contributed by atoms with E-state index in [-0.39, 0.29) is 0 Å². The van der Waals surface area contributed by atoms with Gasteiger partial charge in [-0.2, -0.15) is 4.31 Å². The van der Waals surface area contributed by atoms with Crippen molar-refractivity contribution in [1.29, 1.82) is 0 Å². The Morgan fingerprint density at radius 1 is 1.14 bits per heavy atom. The Hall–Kier alpha value is -1.33. The predicted molar refractivity (Wildman–Crippen MR) is 84.8 cm³/mol. The zero-order chi connectivity index (χ0) is 14.9. The number of piperidine rings is 1. The van der Waals surface area contributed by atoms with E-state index in [1.54, 1.807) is 16.4 Å². The minimum absolute atomic E-state index is 0.381. The Morgan fingerprint density at radius 2 is 1.76 bits per heavy atom. The molecule has 2 aliphatic rings. The van der Waals surface area contributed by atoms with Crippen molar-refractivity contribution in [3.63, 3.8) is 0 Å². The van der Waals surface area contributed by atoms with Gasteiger partial charge in [-0.1, -0.05) is 12.2 Å². The highest BCUT2D eigenvalue weighted by atomic mass is 32.2. The summed E-state index contributed by atoms with van der Waals surface area (Å²) < 4.78 is 26.7. The van der Waals surface area contributed by atoms with Gasteiger partial charge in [0.2, 0.25) is 10.0 Å². The molecule has 0 unspecified atom stereocenters. The molecule has 2 fully saturated rings. The van der Waals surface area contributed by atoms with Gasteiger partial charge in [-0.15, -0.1) is 0 Å². The molecule has 0 spiro atoms. The third-order valence-electron chi connectivity index (χ3n) is 4.21. The van der Waals surface area contributed by atoms with E-state index in [1.165, 1.54) is 12.8 Å². The fraction of sp³-hybridized carbons (Fsp3) is 0.500. The van der Waals surface area contributed by atoms with E-state index in [9.17, 15) is 8.42 Å². The molecule has 0 radical (unpaired) electrons. The zero-order valence-corrected chi connectivity index (χ0v) is 13.0. The molecular weight excluding hydrogens is 284 g/mol. The fourth-order valence-electron chi connectivity index (χ4n) is 2.52. The number of hydrogen-bond donors (Lipinski definition) is 1. The lowest BCUT2D eigenvalue weighted by Gasteiger charge is -2.27. The number of benzene rings is 1. The van der Waals surface area contributed by atoms with Crippen LogP contribution in [-0.2, 0) is 10.0 Å². The van der Waals surface area contributed by atoms with Crippen LogP contribution in [0.2, 0.25) is 0 Å². The number of nitrogens with zero attached hydrogens (tertiary/aromatic N) is 1. The molecule has 1 heterocycles. The van der Waals surface area contributed by atoms with E-state index >= 15 is 0 Å². The van der Waals surface area contributed by atoms with Gasteiger partial charge < -0.3 is 5.32 Å². The van der Waals surface area contributed by atoms with Gasteiger partial charge in [-0.05, 0) is 55.9 Å². The van der Waals surface area contributed by atoms with Crippen LogP contribution >= 0.6 is 0 Å². The number of nitrogens with one attached hydrogen (secondary N) is 1. The molecule has 1 saturated carbocycles. The SMILES string of the molecule is C=C1CCN(S(=O)(=O)c2ccc(NCC3CC3)cc2)CC1. The molecule has 1 saturated heterocycles. The second kappa shape index (κ2) is 5.81. The molecule has 21 heavy (non-hydrogen) atoms. The van der Waals surface area contributed by atoms with Crippen molar-refractivity contribution in [3.8, 4) is 0 Å². The summed E-state index contributed by atoms with van der Waals surface area (Å²) in [6.45, 7) is 6.00. The maximum Gasteiger partial charge on any atom is 0.243 e. The molecule has 0 bridgehead atoms. The topological polar surface area (TPSA) is 49.4 Å². The molecule has 1 aromatic rings. The standard InChI is InChI=1S/C16H22N2O2S/c1-13-8-10-18(11-9-13)21(19,20)16-6-4-15(5-7-16)17-12-14-2-3-14/h4-7,14,17H,1-3,8-12H2. The van der Waals surface area contributed by atoms with Gasteiger partial charge in [0.1, 0.15) is 0 Å². The van der Waals surface area contributed by atoms with E-state index in [1.807, 2.05) is 12.1 Å². The fourth-order valence-corrected chi connectivity index (χ4v) is 3.96. The molecule has 1 aromatic carbocycles. The lowest BCUT2D eigenvalue weighted by Crippen LogP contribution is -2.36. The second-order valence-corrected chi connectivity index (χ2v) is 7.94. The summed E-state index contributed by atoms with van der Waals surface area (Å²) in [4.78, 5) is 0.381.